The molecule has 0 spiro atoms. The standard InChI is InChI=1S/C30H36ClN7O2/c31-23-18-33-28(16-22(23)24-5-3-7-27(37-24)35-19-30(32)12-14-39-15-13-30)36-21-10-8-20(9-11-21)17-34-29-38-25-4-1-2-6-26(25)40-29/h1-7,16,18,20-21H,8-15,17,19,32H2,(H,33,36)(H,34,38)(H,35,37)/t20-,21-. The van der Waals surface area contributed by atoms with Crippen molar-refractivity contribution in [3.63, 3.8) is 0 Å². The molecule has 0 atom stereocenters. The molecule has 40 heavy (non-hydrogen) atoms. The van der Waals surface area contributed by atoms with Gasteiger partial charge in [0.1, 0.15) is 17.2 Å². The number of ether oxygens (including phenoxy) is 1. The number of anilines is 3. The van der Waals surface area contributed by atoms with E-state index in [0.717, 1.165) is 79.1 Å². The Kier molecular flexibility index (Phi) is 8.04. The van der Waals surface area contributed by atoms with Gasteiger partial charge in [0.15, 0.2) is 5.58 Å². The molecule has 5 N–H and O–H groups in total. The van der Waals surface area contributed by atoms with Crippen molar-refractivity contribution < 1.29 is 9.15 Å². The van der Waals surface area contributed by atoms with Crippen LogP contribution in [0.25, 0.3) is 22.4 Å². The van der Waals surface area contributed by atoms with Gasteiger partial charge in [0.05, 0.1) is 10.7 Å². The number of aromatic nitrogens is 3. The van der Waals surface area contributed by atoms with Crippen molar-refractivity contribution in [3.05, 3.63) is 59.8 Å². The van der Waals surface area contributed by atoms with Crippen molar-refractivity contribution in [2.24, 2.45) is 11.7 Å². The maximum Gasteiger partial charge on any atom is 0.295 e. The molecule has 0 radical (unpaired) electrons. The predicted molar refractivity (Wildman–Crippen MR) is 160 cm³/mol. The Hall–Kier alpha value is -3.40. The Balaban J connectivity index is 1.03. The molecular formula is C30H36ClN7O2. The summed E-state index contributed by atoms with van der Waals surface area (Å²) in [6.45, 7) is 2.91. The monoisotopic (exact) mass is 561 g/mol. The third-order valence-corrected chi connectivity index (χ3v) is 8.33. The van der Waals surface area contributed by atoms with E-state index in [1.165, 1.54) is 0 Å². The number of hydrogen-bond acceptors (Lipinski definition) is 9. The molecule has 0 amide bonds. The SMILES string of the molecule is NC1(CNc2cccc(-c3cc(N[C@H]4CC[C@H](CNc5nc6ccccc6o5)CC4)ncc3Cl)n2)CCOCC1. The summed E-state index contributed by atoms with van der Waals surface area (Å²) in [6, 6.07) is 16.7. The minimum atomic E-state index is -0.277. The van der Waals surface area contributed by atoms with E-state index in [1.54, 1.807) is 6.20 Å². The van der Waals surface area contributed by atoms with Gasteiger partial charge >= 0.3 is 0 Å². The van der Waals surface area contributed by atoms with Gasteiger partial charge in [0.2, 0.25) is 0 Å². The summed E-state index contributed by atoms with van der Waals surface area (Å²) >= 11 is 6.57. The maximum atomic E-state index is 6.57. The molecule has 1 aliphatic carbocycles. The molecule has 10 heteroatoms. The number of para-hydroxylation sites is 2. The summed E-state index contributed by atoms with van der Waals surface area (Å²) in [5, 5.41) is 11.0. The second-order valence-electron chi connectivity index (χ2n) is 11.0. The van der Waals surface area contributed by atoms with Crippen LogP contribution in [0.1, 0.15) is 38.5 Å². The Bertz CT molecular complexity index is 1400. The second kappa shape index (κ2) is 12.0. The van der Waals surface area contributed by atoms with E-state index in [0.29, 0.717) is 42.8 Å². The summed E-state index contributed by atoms with van der Waals surface area (Å²) < 4.78 is 11.3. The molecule has 210 valence electrons. The van der Waals surface area contributed by atoms with Crippen molar-refractivity contribution in [2.45, 2.75) is 50.1 Å². The summed E-state index contributed by atoms with van der Waals surface area (Å²) in [7, 11) is 0. The zero-order valence-electron chi connectivity index (χ0n) is 22.5. The van der Waals surface area contributed by atoms with E-state index >= 15 is 0 Å². The molecule has 1 aromatic carbocycles. The number of benzene rings is 1. The number of hydrogen-bond donors (Lipinski definition) is 4. The van der Waals surface area contributed by atoms with Gasteiger partial charge in [-0.25, -0.2) is 9.97 Å². The summed E-state index contributed by atoms with van der Waals surface area (Å²) in [6.07, 6.45) is 7.76. The van der Waals surface area contributed by atoms with E-state index in [-0.39, 0.29) is 5.54 Å². The van der Waals surface area contributed by atoms with Crippen molar-refractivity contribution >= 4 is 40.4 Å². The lowest BCUT2D eigenvalue weighted by molar-refractivity contribution is 0.0574. The predicted octanol–water partition coefficient (Wildman–Crippen LogP) is 5.94. The number of nitrogens with two attached hydrogens (primary N) is 1. The van der Waals surface area contributed by atoms with Gasteiger partial charge in [-0.2, -0.15) is 4.98 Å². The molecule has 2 aliphatic rings. The van der Waals surface area contributed by atoms with Crippen LogP contribution in [0, 0.1) is 5.92 Å². The first kappa shape index (κ1) is 26.8. The third-order valence-electron chi connectivity index (χ3n) is 8.03. The molecule has 0 unspecified atom stereocenters. The number of pyridine rings is 2. The zero-order valence-corrected chi connectivity index (χ0v) is 23.3. The van der Waals surface area contributed by atoms with Gasteiger partial charge in [-0.15, -0.1) is 0 Å². The van der Waals surface area contributed by atoms with Crippen LogP contribution in [0.3, 0.4) is 0 Å². The Morgan fingerprint density at radius 1 is 0.950 bits per heavy atom. The van der Waals surface area contributed by atoms with Gasteiger partial charge < -0.3 is 30.8 Å². The lowest BCUT2D eigenvalue weighted by atomic mass is 9.86. The number of halogens is 1. The summed E-state index contributed by atoms with van der Waals surface area (Å²) in [5.74, 6) is 2.17. The highest BCUT2D eigenvalue weighted by atomic mass is 35.5. The van der Waals surface area contributed by atoms with Crippen LogP contribution >= 0.6 is 11.6 Å². The number of rotatable bonds is 9. The Labute approximate surface area is 239 Å². The summed E-state index contributed by atoms with van der Waals surface area (Å²) in [5.41, 5.74) is 9.60. The summed E-state index contributed by atoms with van der Waals surface area (Å²) in [4.78, 5) is 13.9. The molecule has 9 nitrogen and oxygen atoms in total. The van der Waals surface area contributed by atoms with Crippen LogP contribution in [0.5, 0.6) is 0 Å². The fourth-order valence-electron chi connectivity index (χ4n) is 5.52. The highest BCUT2D eigenvalue weighted by Crippen LogP contribution is 2.31. The zero-order chi connectivity index (χ0) is 27.4. The van der Waals surface area contributed by atoms with Crippen LogP contribution in [0.15, 0.2) is 59.1 Å². The first-order valence-electron chi connectivity index (χ1n) is 14.1. The molecule has 2 fully saturated rings. The minimum Gasteiger partial charge on any atom is -0.424 e. The highest BCUT2D eigenvalue weighted by Gasteiger charge is 2.28. The normalized spacial score (nSPS) is 20.8. The fraction of sp³-hybridized carbons (Fsp3) is 0.433. The quantitative estimate of drug-likeness (QED) is 0.196. The topological polar surface area (TPSA) is 123 Å². The van der Waals surface area contributed by atoms with Crippen molar-refractivity contribution in [2.75, 3.05) is 42.3 Å². The first-order valence-corrected chi connectivity index (χ1v) is 14.5. The van der Waals surface area contributed by atoms with Gasteiger partial charge in [-0.1, -0.05) is 29.8 Å². The van der Waals surface area contributed by atoms with Gasteiger partial charge in [-0.3, -0.25) is 0 Å². The largest absolute Gasteiger partial charge is 0.424 e. The maximum absolute atomic E-state index is 6.57. The molecule has 1 saturated heterocycles. The molecule has 1 aliphatic heterocycles. The van der Waals surface area contributed by atoms with Crippen molar-refractivity contribution in [3.8, 4) is 11.3 Å². The second-order valence-corrected chi connectivity index (χ2v) is 11.4. The Morgan fingerprint density at radius 2 is 1.77 bits per heavy atom. The van der Waals surface area contributed by atoms with E-state index in [9.17, 15) is 0 Å². The lowest BCUT2D eigenvalue weighted by Gasteiger charge is -2.33. The Morgan fingerprint density at radius 3 is 2.60 bits per heavy atom. The molecule has 0 bridgehead atoms. The van der Waals surface area contributed by atoms with Gasteiger partial charge in [0, 0.05) is 49.6 Å². The van der Waals surface area contributed by atoms with E-state index in [2.05, 4.69) is 25.9 Å². The van der Waals surface area contributed by atoms with Crippen molar-refractivity contribution in [1.29, 1.82) is 0 Å². The fourth-order valence-corrected chi connectivity index (χ4v) is 5.72. The number of fused-ring (bicyclic) bond motifs is 1. The number of nitrogens with zero attached hydrogens (tertiary/aromatic N) is 3. The molecule has 6 rings (SSSR count). The van der Waals surface area contributed by atoms with Crippen molar-refractivity contribution in [1.82, 2.24) is 15.0 Å². The van der Waals surface area contributed by atoms with E-state index in [4.69, 9.17) is 31.5 Å². The smallest absolute Gasteiger partial charge is 0.295 e. The van der Waals surface area contributed by atoms with E-state index < -0.39 is 0 Å². The number of oxazole rings is 1. The van der Waals surface area contributed by atoms with Crippen LogP contribution in [0.2, 0.25) is 5.02 Å². The molecule has 3 aromatic heterocycles. The highest BCUT2D eigenvalue weighted by molar-refractivity contribution is 6.33. The van der Waals surface area contributed by atoms with Crippen LogP contribution in [0.4, 0.5) is 17.7 Å². The van der Waals surface area contributed by atoms with E-state index in [1.807, 2.05) is 48.5 Å². The van der Waals surface area contributed by atoms with Gasteiger partial charge in [0.25, 0.3) is 6.01 Å². The molecule has 4 aromatic rings. The lowest BCUT2D eigenvalue weighted by Crippen LogP contribution is -2.50. The third kappa shape index (κ3) is 6.49. The number of nitrogens with one attached hydrogen (secondary N) is 3. The first-order chi connectivity index (χ1) is 19.5. The molecular weight excluding hydrogens is 526 g/mol. The van der Waals surface area contributed by atoms with Crippen LogP contribution < -0.4 is 21.7 Å². The van der Waals surface area contributed by atoms with Crippen LogP contribution in [-0.2, 0) is 4.74 Å². The van der Waals surface area contributed by atoms with Gasteiger partial charge in [-0.05, 0) is 74.8 Å². The average Bonchev–Trinajstić information content (AvgIpc) is 3.41. The average molecular weight is 562 g/mol. The molecule has 4 heterocycles. The minimum absolute atomic E-state index is 0.277. The molecule has 1 saturated carbocycles. The van der Waals surface area contributed by atoms with Crippen LogP contribution in [-0.4, -0.2) is 52.8 Å².